The Labute approximate surface area is 112 Å². The smallest absolute Gasteiger partial charge is 0.346 e. The lowest BCUT2D eigenvalue weighted by Gasteiger charge is -2.06. The van der Waals surface area contributed by atoms with Crippen molar-refractivity contribution in [3.05, 3.63) is 50.4 Å². The molecule has 5 heteroatoms. The van der Waals surface area contributed by atoms with Gasteiger partial charge in [-0.25, -0.2) is 4.79 Å². The SMILES string of the molecule is Cc1nc2ccccc2c2c(=O)sc(C(=O)O)cc12. The quantitative estimate of drug-likeness (QED) is 0.691. The van der Waals surface area contributed by atoms with Crippen LogP contribution in [0.4, 0.5) is 0 Å². The lowest BCUT2D eigenvalue weighted by molar-refractivity contribution is 0.0702. The number of aromatic nitrogens is 1. The van der Waals surface area contributed by atoms with Gasteiger partial charge in [-0.15, -0.1) is 0 Å². The molecule has 0 aliphatic heterocycles. The second-order valence-electron chi connectivity index (χ2n) is 4.21. The number of carboxylic acid groups (broad SMARTS) is 1. The normalized spacial score (nSPS) is 11.0. The molecule has 0 atom stereocenters. The summed E-state index contributed by atoms with van der Waals surface area (Å²) in [4.78, 5) is 27.7. The van der Waals surface area contributed by atoms with E-state index in [2.05, 4.69) is 4.98 Å². The van der Waals surface area contributed by atoms with Crippen LogP contribution in [-0.2, 0) is 0 Å². The van der Waals surface area contributed by atoms with Gasteiger partial charge in [0.25, 0.3) is 0 Å². The van der Waals surface area contributed by atoms with Crippen molar-refractivity contribution in [3.8, 4) is 0 Å². The van der Waals surface area contributed by atoms with E-state index in [4.69, 9.17) is 5.11 Å². The number of benzene rings is 1. The number of nitrogens with zero attached hydrogens (tertiary/aromatic N) is 1. The first-order valence-corrected chi connectivity index (χ1v) is 6.46. The lowest BCUT2D eigenvalue weighted by Crippen LogP contribution is -2.04. The predicted molar refractivity (Wildman–Crippen MR) is 75.1 cm³/mol. The Bertz CT molecular complexity index is 883. The van der Waals surface area contributed by atoms with Crippen molar-refractivity contribution in [1.29, 1.82) is 0 Å². The summed E-state index contributed by atoms with van der Waals surface area (Å²) in [5.74, 6) is -1.09. The largest absolute Gasteiger partial charge is 0.477 e. The van der Waals surface area contributed by atoms with E-state index in [0.29, 0.717) is 16.5 Å². The minimum Gasteiger partial charge on any atom is -0.477 e. The Morgan fingerprint density at radius 1 is 1.26 bits per heavy atom. The second kappa shape index (κ2) is 4.13. The average molecular weight is 271 g/mol. The van der Waals surface area contributed by atoms with Crippen molar-refractivity contribution in [3.63, 3.8) is 0 Å². The zero-order valence-corrected chi connectivity index (χ0v) is 10.8. The summed E-state index contributed by atoms with van der Waals surface area (Å²) in [6, 6.07) is 8.91. The standard InChI is InChI=1S/C14H9NO3S/c1-7-9-6-11(13(16)17)19-14(18)12(9)8-4-2-3-5-10(8)15-7/h2-6H,1H3,(H,16,17). The number of para-hydroxylation sites is 1. The van der Waals surface area contributed by atoms with E-state index >= 15 is 0 Å². The van der Waals surface area contributed by atoms with Crippen LogP contribution >= 0.6 is 11.3 Å². The van der Waals surface area contributed by atoms with Gasteiger partial charge >= 0.3 is 5.97 Å². The molecule has 3 aromatic rings. The molecule has 3 rings (SSSR count). The summed E-state index contributed by atoms with van der Waals surface area (Å²) in [5, 5.41) is 11.0. The third-order valence-electron chi connectivity index (χ3n) is 3.01. The summed E-state index contributed by atoms with van der Waals surface area (Å²) in [6.07, 6.45) is 0. The fourth-order valence-electron chi connectivity index (χ4n) is 2.16. The minimum atomic E-state index is -1.09. The first-order chi connectivity index (χ1) is 9.08. The molecule has 0 aliphatic carbocycles. The highest BCUT2D eigenvalue weighted by Crippen LogP contribution is 2.25. The number of aryl methyl sites for hydroxylation is 1. The summed E-state index contributed by atoms with van der Waals surface area (Å²) in [7, 11) is 0. The predicted octanol–water partition coefficient (Wildman–Crippen LogP) is 2.82. The first kappa shape index (κ1) is 11.8. The van der Waals surface area contributed by atoms with E-state index in [1.807, 2.05) is 24.3 Å². The highest BCUT2D eigenvalue weighted by atomic mass is 32.1. The van der Waals surface area contributed by atoms with Crippen molar-refractivity contribution in [2.24, 2.45) is 0 Å². The van der Waals surface area contributed by atoms with Gasteiger partial charge in [-0.05, 0) is 19.1 Å². The van der Waals surface area contributed by atoms with E-state index in [1.165, 1.54) is 6.07 Å². The van der Waals surface area contributed by atoms with E-state index in [-0.39, 0.29) is 9.62 Å². The van der Waals surface area contributed by atoms with Gasteiger partial charge in [0.1, 0.15) is 4.88 Å². The molecule has 2 heterocycles. The molecule has 0 radical (unpaired) electrons. The van der Waals surface area contributed by atoms with Gasteiger partial charge in [0.2, 0.25) is 4.74 Å². The molecular formula is C14H9NO3S. The summed E-state index contributed by atoms with van der Waals surface area (Å²) in [6.45, 7) is 1.78. The van der Waals surface area contributed by atoms with Crippen molar-refractivity contribution < 1.29 is 9.90 Å². The van der Waals surface area contributed by atoms with E-state index < -0.39 is 5.97 Å². The minimum absolute atomic E-state index is 0.0395. The maximum Gasteiger partial charge on any atom is 0.346 e. The molecule has 0 amide bonds. The van der Waals surface area contributed by atoms with Gasteiger partial charge in [0.05, 0.1) is 10.9 Å². The third kappa shape index (κ3) is 1.79. The van der Waals surface area contributed by atoms with Gasteiger partial charge in [0, 0.05) is 16.5 Å². The molecule has 1 N–H and O–H groups in total. The van der Waals surface area contributed by atoms with Crippen LogP contribution < -0.4 is 4.74 Å². The number of aromatic carboxylic acids is 1. The van der Waals surface area contributed by atoms with Crippen LogP contribution in [0.1, 0.15) is 15.4 Å². The highest BCUT2D eigenvalue weighted by Gasteiger charge is 2.13. The Balaban J connectivity index is 2.59. The van der Waals surface area contributed by atoms with Crippen LogP contribution in [0.5, 0.6) is 0 Å². The van der Waals surface area contributed by atoms with E-state index in [0.717, 1.165) is 22.2 Å². The molecule has 19 heavy (non-hydrogen) atoms. The van der Waals surface area contributed by atoms with Crippen molar-refractivity contribution in [2.75, 3.05) is 0 Å². The molecule has 0 unspecified atom stereocenters. The molecule has 0 saturated heterocycles. The molecule has 4 nitrogen and oxygen atoms in total. The molecule has 94 valence electrons. The maximum atomic E-state index is 12.2. The average Bonchev–Trinajstić information content (AvgIpc) is 2.38. The summed E-state index contributed by atoms with van der Waals surface area (Å²) in [5.41, 5.74) is 1.42. The van der Waals surface area contributed by atoms with Crippen LogP contribution in [0.2, 0.25) is 0 Å². The van der Waals surface area contributed by atoms with Crippen LogP contribution in [0.15, 0.2) is 35.1 Å². The fourth-order valence-corrected chi connectivity index (χ4v) is 2.95. The van der Waals surface area contributed by atoms with Crippen LogP contribution in [0.25, 0.3) is 21.7 Å². The first-order valence-electron chi connectivity index (χ1n) is 5.64. The number of carbonyl (C=O) groups is 1. The molecular weight excluding hydrogens is 262 g/mol. The lowest BCUT2D eigenvalue weighted by atomic mass is 10.1. The number of rotatable bonds is 1. The van der Waals surface area contributed by atoms with Crippen LogP contribution in [-0.4, -0.2) is 16.1 Å². The van der Waals surface area contributed by atoms with E-state index in [9.17, 15) is 9.59 Å². The second-order valence-corrected chi connectivity index (χ2v) is 5.22. The molecule has 0 spiro atoms. The maximum absolute atomic E-state index is 12.2. The Hall–Kier alpha value is -2.27. The number of pyridine rings is 1. The third-order valence-corrected chi connectivity index (χ3v) is 3.92. The zero-order valence-electron chi connectivity index (χ0n) is 10.0. The molecule has 0 bridgehead atoms. The molecule has 0 fully saturated rings. The van der Waals surface area contributed by atoms with Crippen molar-refractivity contribution in [2.45, 2.75) is 6.92 Å². The molecule has 0 saturated carbocycles. The molecule has 1 aromatic carbocycles. The number of carboxylic acids is 1. The topological polar surface area (TPSA) is 67.3 Å². The Morgan fingerprint density at radius 3 is 2.74 bits per heavy atom. The van der Waals surface area contributed by atoms with Crippen LogP contribution in [0, 0.1) is 6.92 Å². The zero-order chi connectivity index (χ0) is 13.6. The molecule has 0 aliphatic rings. The summed E-state index contributed by atoms with van der Waals surface area (Å²) < 4.78 is -0.239. The van der Waals surface area contributed by atoms with Crippen molar-refractivity contribution >= 4 is 39.0 Å². The number of hydrogen-bond donors (Lipinski definition) is 1. The number of fused-ring (bicyclic) bond motifs is 3. The highest BCUT2D eigenvalue weighted by molar-refractivity contribution is 7.11. The van der Waals surface area contributed by atoms with Gasteiger partial charge in [-0.2, -0.15) is 0 Å². The Kier molecular flexibility index (Phi) is 2.57. The molecule has 2 aromatic heterocycles. The van der Waals surface area contributed by atoms with Crippen LogP contribution in [0.3, 0.4) is 0 Å². The summed E-state index contributed by atoms with van der Waals surface area (Å²) >= 11 is 0.756. The van der Waals surface area contributed by atoms with Gasteiger partial charge in [-0.1, -0.05) is 29.5 Å². The van der Waals surface area contributed by atoms with Gasteiger partial charge in [0.15, 0.2) is 0 Å². The van der Waals surface area contributed by atoms with Gasteiger partial charge in [-0.3, -0.25) is 9.78 Å². The monoisotopic (exact) mass is 271 g/mol. The number of hydrogen-bond acceptors (Lipinski definition) is 4. The Morgan fingerprint density at radius 2 is 2.00 bits per heavy atom. The van der Waals surface area contributed by atoms with Gasteiger partial charge < -0.3 is 5.11 Å². The van der Waals surface area contributed by atoms with E-state index in [1.54, 1.807) is 6.92 Å². The fraction of sp³-hybridized carbons (Fsp3) is 0.0714. The van der Waals surface area contributed by atoms with Crippen molar-refractivity contribution in [1.82, 2.24) is 4.98 Å².